The van der Waals surface area contributed by atoms with Crippen LogP contribution in [0, 0.1) is 0 Å². The van der Waals surface area contributed by atoms with Crippen LogP contribution >= 0.6 is 23.4 Å². The molecule has 0 fully saturated rings. The first-order valence-corrected chi connectivity index (χ1v) is 6.42. The van der Waals surface area contributed by atoms with Crippen molar-refractivity contribution in [3.63, 3.8) is 0 Å². The third-order valence-electron chi connectivity index (χ3n) is 2.05. The summed E-state index contributed by atoms with van der Waals surface area (Å²) in [4.78, 5) is 19.3. The molecule has 9 heteroatoms. The van der Waals surface area contributed by atoms with Crippen molar-refractivity contribution in [3.8, 4) is 0 Å². The van der Waals surface area contributed by atoms with Crippen molar-refractivity contribution in [2.75, 3.05) is 5.73 Å². The van der Waals surface area contributed by atoms with Crippen LogP contribution in [0.25, 0.3) is 0 Å². The molecule has 7 nitrogen and oxygen atoms in total. The molecule has 2 heterocycles. The first kappa shape index (κ1) is 12.9. The Labute approximate surface area is 112 Å². The molecule has 0 saturated carbocycles. The van der Waals surface area contributed by atoms with Crippen molar-refractivity contribution in [1.82, 2.24) is 24.7 Å². The van der Waals surface area contributed by atoms with Crippen LogP contribution in [-0.4, -0.2) is 24.7 Å². The summed E-state index contributed by atoms with van der Waals surface area (Å²) < 4.78 is 1.54. The molecule has 2 aromatic heterocycles. The molecule has 0 aliphatic rings. The van der Waals surface area contributed by atoms with E-state index in [1.807, 2.05) is 6.92 Å². The van der Waals surface area contributed by atoms with Gasteiger partial charge in [0.2, 0.25) is 5.95 Å². The summed E-state index contributed by atoms with van der Waals surface area (Å²) in [5.74, 6) is 0.0879. The smallest absolute Gasteiger partial charge is 0.343 e. The third kappa shape index (κ3) is 2.82. The standard InChI is InChI=1S/C9H11ClN6OS/c1-2-3-16-8(17)14-15-9(16)18-6-4-5(10)12-7(11)13-6/h4H,2-3H2,1H3,(H,14,17)(H2,11,12,13). The van der Waals surface area contributed by atoms with Gasteiger partial charge in [-0.05, 0) is 18.2 Å². The molecule has 0 aliphatic heterocycles. The second kappa shape index (κ2) is 5.40. The lowest BCUT2D eigenvalue weighted by atomic mass is 10.5. The number of hydrogen-bond donors (Lipinski definition) is 2. The van der Waals surface area contributed by atoms with Gasteiger partial charge in [-0.3, -0.25) is 4.57 Å². The van der Waals surface area contributed by atoms with E-state index in [1.165, 1.54) is 16.3 Å². The highest BCUT2D eigenvalue weighted by Crippen LogP contribution is 2.25. The average molecular weight is 287 g/mol. The lowest BCUT2D eigenvalue weighted by Crippen LogP contribution is -2.17. The Kier molecular flexibility index (Phi) is 3.87. The zero-order chi connectivity index (χ0) is 13.1. The van der Waals surface area contributed by atoms with Gasteiger partial charge in [0.1, 0.15) is 10.2 Å². The van der Waals surface area contributed by atoms with Gasteiger partial charge in [-0.15, -0.1) is 5.10 Å². The van der Waals surface area contributed by atoms with Gasteiger partial charge in [0.05, 0.1) is 0 Å². The van der Waals surface area contributed by atoms with Crippen molar-refractivity contribution in [1.29, 1.82) is 0 Å². The highest BCUT2D eigenvalue weighted by molar-refractivity contribution is 7.99. The van der Waals surface area contributed by atoms with Crippen LogP contribution in [0.1, 0.15) is 13.3 Å². The van der Waals surface area contributed by atoms with E-state index in [0.29, 0.717) is 16.7 Å². The summed E-state index contributed by atoms with van der Waals surface area (Å²) in [6, 6.07) is 1.57. The number of halogens is 1. The lowest BCUT2D eigenvalue weighted by molar-refractivity contribution is 0.603. The van der Waals surface area contributed by atoms with E-state index >= 15 is 0 Å². The molecule has 0 bridgehead atoms. The van der Waals surface area contributed by atoms with E-state index in [0.717, 1.165) is 6.42 Å². The van der Waals surface area contributed by atoms with Gasteiger partial charge >= 0.3 is 5.69 Å². The number of aromatic nitrogens is 5. The van der Waals surface area contributed by atoms with Crippen LogP contribution in [0.5, 0.6) is 0 Å². The molecule has 0 radical (unpaired) electrons. The lowest BCUT2D eigenvalue weighted by Gasteiger charge is -2.03. The van der Waals surface area contributed by atoms with Gasteiger partial charge in [-0.2, -0.15) is 0 Å². The molecule has 96 valence electrons. The predicted molar refractivity (Wildman–Crippen MR) is 68.7 cm³/mol. The number of hydrogen-bond acceptors (Lipinski definition) is 6. The van der Waals surface area contributed by atoms with Crippen LogP contribution in [0.3, 0.4) is 0 Å². The number of nitrogens with zero attached hydrogens (tertiary/aromatic N) is 4. The highest BCUT2D eigenvalue weighted by atomic mass is 35.5. The third-order valence-corrected chi connectivity index (χ3v) is 3.16. The predicted octanol–water partition coefficient (Wildman–Crippen LogP) is 1.16. The molecule has 2 aromatic rings. The van der Waals surface area contributed by atoms with E-state index in [1.54, 1.807) is 6.07 Å². The summed E-state index contributed by atoms with van der Waals surface area (Å²) in [6.07, 6.45) is 0.833. The van der Waals surface area contributed by atoms with Crippen LogP contribution in [0.2, 0.25) is 5.15 Å². The Morgan fingerprint density at radius 2 is 2.33 bits per heavy atom. The molecule has 3 N–H and O–H groups in total. The van der Waals surface area contributed by atoms with Crippen LogP contribution in [0.4, 0.5) is 5.95 Å². The molecular weight excluding hydrogens is 276 g/mol. The minimum absolute atomic E-state index is 0.0879. The summed E-state index contributed by atoms with van der Waals surface area (Å²) in [6.45, 7) is 2.57. The fourth-order valence-corrected chi connectivity index (χ4v) is 2.49. The fraction of sp³-hybridized carbons (Fsp3) is 0.333. The molecule has 0 atom stereocenters. The molecule has 18 heavy (non-hydrogen) atoms. The van der Waals surface area contributed by atoms with Crippen molar-refractivity contribution < 1.29 is 0 Å². The SMILES string of the molecule is CCCn1c(Sc2cc(Cl)nc(N)n2)n[nH]c1=O. The van der Waals surface area contributed by atoms with Gasteiger partial charge in [0, 0.05) is 12.6 Å². The molecule has 0 unspecified atom stereocenters. The average Bonchev–Trinajstić information content (AvgIpc) is 2.60. The Hall–Kier alpha value is -1.54. The minimum atomic E-state index is -0.243. The first-order valence-electron chi connectivity index (χ1n) is 5.23. The number of aromatic amines is 1. The van der Waals surface area contributed by atoms with Gasteiger partial charge < -0.3 is 5.73 Å². The first-order chi connectivity index (χ1) is 8.60. The van der Waals surface area contributed by atoms with E-state index < -0.39 is 0 Å². The van der Waals surface area contributed by atoms with Crippen molar-refractivity contribution in [2.24, 2.45) is 0 Å². The van der Waals surface area contributed by atoms with Crippen LogP contribution < -0.4 is 11.4 Å². The normalized spacial score (nSPS) is 10.8. The number of rotatable bonds is 4. The molecular formula is C9H11ClN6OS. The Bertz CT molecular complexity index is 589. The largest absolute Gasteiger partial charge is 0.368 e. The zero-order valence-electron chi connectivity index (χ0n) is 9.55. The second-order valence-corrected chi connectivity index (χ2v) is 4.83. The summed E-state index contributed by atoms with van der Waals surface area (Å²) in [5, 5.41) is 7.66. The second-order valence-electron chi connectivity index (χ2n) is 3.45. The quantitative estimate of drug-likeness (QED) is 0.818. The topological polar surface area (TPSA) is 102 Å². The number of anilines is 1. The molecule has 0 amide bonds. The number of nitrogens with one attached hydrogen (secondary N) is 1. The monoisotopic (exact) mass is 286 g/mol. The molecule has 0 spiro atoms. The zero-order valence-corrected chi connectivity index (χ0v) is 11.1. The maximum absolute atomic E-state index is 11.5. The van der Waals surface area contributed by atoms with Gasteiger partial charge in [0.15, 0.2) is 5.16 Å². The number of nitrogen functional groups attached to an aromatic ring is 1. The summed E-state index contributed by atoms with van der Waals surface area (Å²) >= 11 is 6.99. The van der Waals surface area contributed by atoms with Crippen molar-refractivity contribution >= 4 is 29.3 Å². The van der Waals surface area contributed by atoms with Crippen molar-refractivity contribution in [3.05, 3.63) is 21.7 Å². The van der Waals surface area contributed by atoms with Crippen LogP contribution in [-0.2, 0) is 6.54 Å². The Morgan fingerprint density at radius 1 is 1.56 bits per heavy atom. The van der Waals surface area contributed by atoms with E-state index in [4.69, 9.17) is 17.3 Å². The molecule has 2 rings (SSSR count). The van der Waals surface area contributed by atoms with Crippen molar-refractivity contribution in [2.45, 2.75) is 30.1 Å². The van der Waals surface area contributed by atoms with Crippen LogP contribution in [0.15, 0.2) is 21.0 Å². The maximum atomic E-state index is 11.5. The Balaban J connectivity index is 2.31. The van der Waals surface area contributed by atoms with E-state index in [9.17, 15) is 4.79 Å². The van der Waals surface area contributed by atoms with E-state index in [2.05, 4.69) is 20.2 Å². The fourth-order valence-electron chi connectivity index (χ4n) is 1.36. The van der Waals surface area contributed by atoms with Gasteiger partial charge in [-0.1, -0.05) is 18.5 Å². The van der Waals surface area contributed by atoms with E-state index in [-0.39, 0.29) is 16.8 Å². The molecule has 0 aliphatic carbocycles. The summed E-state index contributed by atoms with van der Waals surface area (Å²) in [7, 11) is 0. The Morgan fingerprint density at radius 3 is 3.00 bits per heavy atom. The molecule has 0 aromatic carbocycles. The maximum Gasteiger partial charge on any atom is 0.343 e. The van der Waals surface area contributed by atoms with Gasteiger partial charge in [0.25, 0.3) is 0 Å². The number of nitrogens with two attached hydrogens (primary N) is 1. The highest BCUT2D eigenvalue weighted by Gasteiger charge is 2.11. The van der Waals surface area contributed by atoms with Gasteiger partial charge in [-0.25, -0.2) is 19.9 Å². The minimum Gasteiger partial charge on any atom is -0.368 e. The summed E-state index contributed by atoms with van der Waals surface area (Å²) in [5.41, 5.74) is 5.26. The molecule has 0 saturated heterocycles. The number of H-pyrrole nitrogens is 1.